The minimum absolute atomic E-state index is 0.281. The summed E-state index contributed by atoms with van der Waals surface area (Å²) in [7, 11) is 0. The van der Waals surface area contributed by atoms with Crippen molar-refractivity contribution < 1.29 is 9.15 Å². The van der Waals surface area contributed by atoms with E-state index in [1.807, 2.05) is 111 Å². The molecule has 0 N–H and O–H groups in total. The molecular weight excluding hydrogens is 652 g/mol. The molecule has 4 aromatic carbocycles. The van der Waals surface area contributed by atoms with Gasteiger partial charge in [0, 0.05) is 37.5 Å². The predicted molar refractivity (Wildman–Crippen MR) is 183 cm³/mol. The van der Waals surface area contributed by atoms with Crippen molar-refractivity contribution in [2.75, 3.05) is 0 Å². The number of benzene rings is 4. The molecule has 0 fully saturated rings. The second kappa shape index (κ2) is 11.9. The van der Waals surface area contributed by atoms with Crippen LogP contribution in [-0.4, -0.2) is 20.4 Å². The summed E-state index contributed by atoms with van der Waals surface area (Å²) in [6.07, 6.45) is 1.70. The third-order valence-corrected chi connectivity index (χ3v) is 8.39. The highest BCUT2D eigenvalue weighted by atomic mass is 79.9. The van der Waals surface area contributed by atoms with E-state index >= 15 is 0 Å². The SMILES string of the molecule is Cc1cc(C=Nn2c(-c3cc4cc(Br)ccc4o3)nc3ccccc3c2=O)c(C)n1-c1ccc(OCc2ccc(Cl)cc2)cc1. The van der Waals surface area contributed by atoms with E-state index in [2.05, 4.69) is 25.6 Å². The molecule has 0 saturated carbocycles. The van der Waals surface area contributed by atoms with Gasteiger partial charge in [0.2, 0.25) is 5.82 Å². The molecule has 0 aliphatic rings. The summed E-state index contributed by atoms with van der Waals surface area (Å²) >= 11 is 9.50. The first-order chi connectivity index (χ1) is 21.8. The lowest BCUT2D eigenvalue weighted by Crippen LogP contribution is -2.20. The lowest BCUT2D eigenvalue weighted by Gasteiger charge is -2.11. The molecule has 0 amide bonds. The molecule has 0 aliphatic heterocycles. The van der Waals surface area contributed by atoms with E-state index in [-0.39, 0.29) is 5.56 Å². The van der Waals surface area contributed by atoms with Gasteiger partial charge in [0.1, 0.15) is 17.9 Å². The molecule has 3 aromatic heterocycles. The molecule has 45 heavy (non-hydrogen) atoms. The Balaban J connectivity index is 1.21. The number of ether oxygens (including phenoxy) is 1. The fourth-order valence-corrected chi connectivity index (χ4v) is 5.89. The van der Waals surface area contributed by atoms with Crippen LogP contribution in [0.15, 0.2) is 122 Å². The predicted octanol–water partition coefficient (Wildman–Crippen LogP) is 9.09. The number of rotatable bonds is 7. The minimum Gasteiger partial charge on any atom is -0.489 e. The molecule has 0 bridgehead atoms. The summed E-state index contributed by atoms with van der Waals surface area (Å²) in [5, 5.41) is 6.74. The quantitative estimate of drug-likeness (QED) is 0.158. The van der Waals surface area contributed by atoms with E-state index in [0.29, 0.717) is 39.7 Å². The van der Waals surface area contributed by atoms with Gasteiger partial charge in [0.25, 0.3) is 5.56 Å². The zero-order valence-corrected chi connectivity index (χ0v) is 26.7. The first kappa shape index (κ1) is 28.8. The van der Waals surface area contributed by atoms with Gasteiger partial charge >= 0.3 is 0 Å². The van der Waals surface area contributed by atoms with Crippen LogP contribution in [0.1, 0.15) is 22.5 Å². The molecule has 0 saturated heterocycles. The Morgan fingerprint density at radius 3 is 2.53 bits per heavy atom. The van der Waals surface area contributed by atoms with Crippen molar-refractivity contribution in [3.8, 4) is 23.0 Å². The van der Waals surface area contributed by atoms with Crippen molar-refractivity contribution >= 4 is 55.6 Å². The Morgan fingerprint density at radius 2 is 1.73 bits per heavy atom. The molecule has 0 aliphatic carbocycles. The molecule has 222 valence electrons. The number of fused-ring (bicyclic) bond motifs is 2. The monoisotopic (exact) mass is 676 g/mol. The van der Waals surface area contributed by atoms with Crippen molar-refractivity contribution in [2.45, 2.75) is 20.5 Å². The maximum atomic E-state index is 13.7. The fraction of sp³-hybridized carbons (Fsp3) is 0.0833. The Morgan fingerprint density at radius 1 is 0.956 bits per heavy atom. The third-order valence-electron chi connectivity index (χ3n) is 7.65. The van der Waals surface area contributed by atoms with Gasteiger partial charge in [-0.05, 0) is 98.3 Å². The number of para-hydroxylation sites is 1. The largest absolute Gasteiger partial charge is 0.489 e. The number of aromatic nitrogens is 3. The molecular formula is C36H26BrClN4O3. The van der Waals surface area contributed by atoms with E-state index in [4.69, 9.17) is 25.7 Å². The highest BCUT2D eigenvalue weighted by Crippen LogP contribution is 2.29. The summed E-state index contributed by atoms with van der Waals surface area (Å²) in [5.41, 5.74) is 5.88. The number of halogens is 2. The van der Waals surface area contributed by atoms with Crippen molar-refractivity contribution in [2.24, 2.45) is 5.10 Å². The maximum absolute atomic E-state index is 13.7. The van der Waals surface area contributed by atoms with Gasteiger partial charge in [-0.25, -0.2) is 4.98 Å². The number of hydrogen-bond acceptors (Lipinski definition) is 5. The average molecular weight is 678 g/mol. The van der Waals surface area contributed by atoms with E-state index in [1.54, 1.807) is 12.3 Å². The Labute approximate surface area is 272 Å². The summed E-state index contributed by atoms with van der Waals surface area (Å²) in [5.74, 6) is 1.55. The summed E-state index contributed by atoms with van der Waals surface area (Å²) in [4.78, 5) is 18.5. The van der Waals surface area contributed by atoms with E-state index in [1.165, 1.54) is 4.68 Å². The normalized spacial score (nSPS) is 11.6. The van der Waals surface area contributed by atoms with Crippen molar-refractivity contribution in [3.63, 3.8) is 0 Å². The van der Waals surface area contributed by atoms with Crippen molar-refractivity contribution in [1.82, 2.24) is 14.2 Å². The lowest BCUT2D eigenvalue weighted by atomic mass is 10.2. The summed E-state index contributed by atoms with van der Waals surface area (Å²) in [6, 6.07) is 32.5. The molecule has 9 heteroatoms. The molecule has 7 rings (SSSR count). The van der Waals surface area contributed by atoms with Crippen LogP contribution in [0, 0.1) is 13.8 Å². The van der Waals surface area contributed by atoms with Crippen LogP contribution in [0.3, 0.4) is 0 Å². The zero-order chi connectivity index (χ0) is 31.1. The van der Waals surface area contributed by atoms with Crippen LogP contribution in [0.5, 0.6) is 5.75 Å². The van der Waals surface area contributed by atoms with Crippen LogP contribution < -0.4 is 10.3 Å². The van der Waals surface area contributed by atoms with Crippen molar-refractivity contribution in [1.29, 1.82) is 0 Å². The fourth-order valence-electron chi connectivity index (χ4n) is 5.39. The highest BCUT2D eigenvalue weighted by Gasteiger charge is 2.17. The van der Waals surface area contributed by atoms with E-state index in [9.17, 15) is 4.79 Å². The lowest BCUT2D eigenvalue weighted by molar-refractivity contribution is 0.306. The van der Waals surface area contributed by atoms with Gasteiger partial charge in [0.15, 0.2) is 5.76 Å². The van der Waals surface area contributed by atoms with Crippen LogP contribution >= 0.6 is 27.5 Å². The molecule has 0 unspecified atom stereocenters. The molecule has 0 spiro atoms. The smallest absolute Gasteiger partial charge is 0.282 e. The van der Waals surface area contributed by atoms with Crippen LogP contribution in [-0.2, 0) is 6.61 Å². The van der Waals surface area contributed by atoms with Gasteiger partial charge in [-0.3, -0.25) is 4.79 Å². The average Bonchev–Trinajstić information content (AvgIpc) is 3.59. The molecule has 7 aromatic rings. The third kappa shape index (κ3) is 5.70. The Bertz CT molecular complexity index is 2280. The first-order valence-electron chi connectivity index (χ1n) is 14.3. The second-order valence-corrected chi connectivity index (χ2v) is 12.0. The van der Waals surface area contributed by atoms with Crippen LogP contribution in [0.2, 0.25) is 5.02 Å². The highest BCUT2D eigenvalue weighted by molar-refractivity contribution is 9.10. The number of nitrogens with zero attached hydrogens (tertiary/aromatic N) is 4. The Hall–Kier alpha value is -4.92. The Kier molecular flexibility index (Phi) is 7.61. The van der Waals surface area contributed by atoms with E-state index < -0.39 is 0 Å². The number of aryl methyl sites for hydroxylation is 1. The standard InChI is InChI=1S/C36H26BrClN4O3/c1-22-17-26(23(2)41(22)29-12-14-30(15-13-29)44-21-24-7-10-28(38)11-8-24)20-39-42-35(40-32-6-4-3-5-31(32)36(42)43)34-19-25-18-27(37)9-16-33(25)45-34/h3-20H,21H2,1-2H3. The van der Waals surface area contributed by atoms with Gasteiger partial charge < -0.3 is 13.7 Å². The van der Waals surface area contributed by atoms with Gasteiger partial charge in [-0.2, -0.15) is 9.78 Å². The van der Waals surface area contributed by atoms with E-state index in [0.717, 1.165) is 43.8 Å². The number of furan rings is 1. The van der Waals surface area contributed by atoms with Gasteiger partial charge in [0.05, 0.1) is 17.1 Å². The summed E-state index contributed by atoms with van der Waals surface area (Å²) < 4.78 is 16.5. The van der Waals surface area contributed by atoms with Gasteiger partial charge in [-0.15, -0.1) is 0 Å². The molecule has 0 atom stereocenters. The maximum Gasteiger partial charge on any atom is 0.282 e. The number of hydrogen-bond donors (Lipinski definition) is 0. The van der Waals surface area contributed by atoms with Gasteiger partial charge in [-0.1, -0.05) is 51.8 Å². The topological polar surface area (TPSA) is 74.5 Å². The first-order valence-corrected chi connectivity index (χ1v) is 15.4. The molecule has 7 nitrogen and oxygen atoms in total. The van der Waals surface area contributed by atoms with Crippen LogP contribution in [0.25, 0.3) is 39.1 Å². The molecule has 0 radical (unpaired) electrons. The summed E-state index contributed by atoms with van der Waals surface area (Å²) in [6.45, 7) is 4.52. The minimum atomic E-state index is -0.281. The van der Waals surface area contributed by atoms with Crippen molar-refractivity contribution in [3.05, 3.63) is 145 Å². The van der Waals surface area contributed by atoms with Crippen LogP contribution in [0.4, 0.5) is 0 Å². The molecule has 3 heterocycles. The zero-order valence-electron chi connectivity index (χ0n) is 24.4. The second-order valence-electron chi connectivity index (χ2n) is 10.7.